The maximum absolute atomic E-state index is 13.6. The van der Waals surface area contributed by atoms with Crippen LogP contribution in [-0.4, -0.2) is 0 Å². The number of anilines is 1. The molecule has 1 unspecified atom stereocenters. The van der Waals surface area contributed by atoms with Gasteiger partial charge in [0.2, 0.25) is 0 Å². The Kier molecular flexibility index (Phi) is 3.97. The molecule has 2 aromatic rings. The molecule has 5 heteroatoms. The van der Waals surface area contributed by atoms with Crippen LogP contribution in [0.3, 0.4) is 0 Å². The Labute approximate surface area is 114 Å². The Morgan fingerprint density at radius 1 is 0.950 bits per heavy atom. The fourth-order valence-corrected chi connectivity index (χ4v) is 1.99. The zero-order chi connectivity index (χ0) is 14.8. The van der Waals surface area contributed by atoms with Crippen LogP contribution in [0.25, 0.3) is 0 Å². The van der Waals surface area contributed by atoms with Crippen LogP contribution in [0.15, 0.2) is 48.5 Å². The summed E-state index contributed by atoms with van der Waals surface area (Å²) in [5.41, 5.74) is -0.497. The summed E-state index contributed by atoms with van der Waals surface area (Å²) >= 11 is 0. The predicted octanol–water partition coefficient (Wildman–Crippen LogP) is 5.02. The Bertz CT molecular complexity index is 592. The van der Waals surface area contributed by atoms with Crippen LogP contribution >= 0.6 is 0 Å². The number of halogens is 4. The van der Waals surface area contributed by atoms with Gasteiger partial charge in [-0.2, -0.15) is 13.2 Å². The van der Waals surface area contributed by atoms with Crippen molar-refractivity contribution in [1.29, 1.82) is 0 Å². The molecular weight excluding hydrogens is 270 g/mol. The second-order valence-corrected chi connectivity index (χ2v) is 4.43. The predicted molar refractivity (Wildman–Crippen MR) is 69.9 cm³/mol. The minimum absolute atomic E-state index is 0.0595. The van der Waals surface area contributed by atoms with Gasteiger partial charge in [-0.3, -0.25) is 0 Å². The minimum atomic E-state index is -4.45. The van der Waals surface area contributed by atoms with Crippen molar-refractivity contribution in [3.8, 4) is 0 Å². The number of rotatable bonds is 3. The maximum Gasteiger partial charge on any atom is 0.418 e. The van der Waals surface area contributed by atoms with E-state index in [1.807, 2.05) is 0 Å². The van der Waals surface area contributed by atoms with Gasteiger partial charge in [0.25, 0.3) is 0 Å². The zero-order valence-corrected chi connectivity index (χ0v) is 10.7. The third-order valence-corrected chi connectivity index (χ3v) is 2.98. The summed E-state index contributed by atoms with van der Waals surface area (Å²) in [4.78, 5) is 0. The standard InChI is InChI=1S/C15H13F4N/c1-10(11-6-2-4-8-13(11)16)20-14-9-5-3-7-12(14)15(17,18)19/h2-10,20H,1H3. The van der Waals surface area contributed by atoms with E-state index in [4.69, 9.17) is 0 Å². The first-order valence-corrected chi connectivity index (χ1v) is 6.07. The monoisotopic (exact) mass is 283 g/mol. The molecule has 0 saturated heterocycles. The summed E-state index contributed by atoms with van der Waals surface area (Å²) < 4.78 is 52.2. The van der Waals surface area contributed by atoms with Crippen molar-refractivity contribution >= 4 is 5.69 Å². The highest BCUT2D eigenvalue weighted by molar-refractivity contribution is 5.54. The van der Waals surface area contributed by atoms with Crippen molar-refractivity contribution in [3.63, 3.8) is 0 Å². The molecule has 0 spiro atoms. The van der Waals surface area contributed by atoms with E-state index in [1.165, 1.54) is 30.3 Å². The van der Waals surface area contributed by atoms with Crippen molar-refractivity contribution < 1.29 is 17.6 Å². The lowest BCUT2D eigenvalue weighted by atomic mass is 10.1. The average molecular weight is 283 g/mol. The van der Waals surface area contributed by atoms with Crippen LogP contribution in [-0.2, 0) is 6.18 Å². The van der Waals surface area contributed by atoms with Gasteiger partial charge in [-0.15, -0.1) is 0 Å². The van der Waals surface area contributed by atoms with E-state index >= 15 is 0 Å². The fourth-order valence-electron chi connectivity index (χ4n) is 1.99. The average Bonchev–Trinajstić information content (AvgIpc) is 2.38. The molecular formula is C15H13F4N. The van der Waals surface area contributed by atoms with E-state index in [2.05, 4.69) is 5.32 Å². The summed E-state index contributed by atoms with van der Waals surface area (Å²) in [6.07, 6.45) is -4.45. The molecule has 0 fully saturated rings. The van der Waals surface area contributed by atoms with E-state index in [0.717, 1.165) is 6.07 Å². The van der Waals surface area contributed by atoms with Crippen molar-refractivity contribution in [2.45, 2.75) is 19.1 Å². The Morgan fingerprint density at radius 2 is 1.55 bits per heavy atom. The first-order valence-electron chi connectivity index (χ1n) is 6.07. The lowest BCUT2D eigenvalue weighted by Gasteiger charge is -2.20. The van der Waals surface area contributed by atoms with Crippen LogP contribution in [0.5, 0.6) is 0 Å². The molecule has 0 aliphatic heterocycles. The number of benzene rings is 2. The second kappa shape index (κ2) is 5.53. The van der Waals surface area contributed by atoms with Crippen molar-refractivity contribution in [1.82, 2.24) is 0 Å². The molecule has 2 rings (SSSR count). The first kappa shape index (κ1) is 14.4. The summed E-state index contributed by atoms with van der Waals surface area (Å²) in [6, 6.07) is 10.6. The molecule has 0 saturated carbocycles. The number of para-hydroxylation sites is 1. The summed E-state index contributed by atoms with van der Waals surface area (Å²) in [5, 5.41) is 2.71. The van der Waals surface area contributed by atoms with Crippen molar-refractivity contribution in [2.75, 3.05) is 5.32 Å². The Morgan fingerprint density at radius 3 is 2.20 bits per heavy atom. The summed E-state index contributed by atoms with van der Waals surface area (Å²) in [5.74, 6) is -0.447. The molecule has 0 bridgehead atoms. The molecule has 106 valence electrons. The zero-order valence-electron chi connectivity index (χ0n) is 10.7. The second-order valence-electron chi connectivity index (χ2n) is 4.43. The third kappa shape index (κ3) is 3.10. The van der Waals surface area contributed by atoms with Gasteiger partial charge in [0, 0.05) is 11.3 Å². The van der Waals surface area contributed by atoms with Gasteiger partial charge in [-0.1, -0.05) is 30.3 Å². The number of hydrogen-bond acceptors (Lipinski definition) is 1. The third-order valence-electron chi connectivity index (χ3n) is 2.98. The van der Waals surface area contributed by atoms with Crippen LogP contribution in [0.4, 0.5) is 23.2 Å². The van der Waals surface area contributed by atoms with E-state index < -0.39 is 23.6 Å². The Hall–Kier alpha value is -2.04. The normalized spacial score (nSPS) is 13.1. The lowest BCUT2D eigenvalue weighted by molar-refractivity contribution is -0.137. The number of nitrogens with one attached hydrogen (secondary N) is 1. The van der Waals surface area contributed by atoms with Crippen molar-refractivity contribution in [2.24, 2.45) is 0 Å². The molecule has 0 heterocycles. The van der Waals surface area contributed by atoms with Gasteiger partial charge in [-0.05, 0) is 25.1 Å². The molecule has 0 aliphatic carbocycles. The van der Waals surface area contributed by atoms with Crippen LogP contribution in [0.1, 0.15) is 24.1 Å². The minimum Gasteiger partial charge on any atom is -0.378 e. The number of hydrogen-bond donors (Lipinski definition) is 1. The van der Waals surface area contributed by atoms with Gasteiger partial charge in [0.15, 0.2) is 0 Å². The molecule has 1 N–H and O–H groups in total. The van der Waals surface area contributed by atoms with Gasteiger partial charge in [-0.25, -0.2) is 4.39 Å². The highest BCUT2D eigenvalue weighted by atomic mass is 19.4. The quantitative estimate of drug-likeness (QED) is 0.780. The van der Waals surface area contributed by atoms with Crippen molar-refractivity contribution in [3.05, 3.63) is 65.5 Å². The first-order chi connectivity index (χ1) is 9.39. The van der Waals surface area contributed by atoms with Crippen LogP contribution in [0, 0.1) is 5.82 Å². The molecule has 0 aliphatic rings. The van der Waals surface area contributed by atoms with Crippen LogP contribution in [0.2, 0.25) is 0 Å². The highest BCUT2D eigenvalue weighted by Crippen LogP contribution is 2.36. The van der Waals surface area contributed by atoms with E-state index in [9.17, 15) is 17.6 Å². The molecule has 20 heavy (non-hydrogen) atoms. The molecule has 1 nitrogen and oxygen atoms in total. The molecule has 0 aromatic heterocycles. The van der Waals surface area contributed by atoms with E-state index in [-0.39, 0.29) is 5.69 Å². The summed E-state index contributed by atoms with van der Waals surface area (Å²) in [6.45, 7) is 1.62. The molecule has 0 amide bonds. The molecule has 2 aromatic carbocycles. The van der Waals surface area contributed by atoms with Gasteiger partial charge >= 0.3 is 6.18 Å². The molecule has 1 atom stereocenters. The van der Waals surface area contributed by atoms with E-state index in [0.29, 0.717) is 5.56 Å². The molecule has 0 radical (unpaired) electrons. The highest BCUT2D eigenvalue weighted by Gasteiger charge is 2.33. The largest absolute Gasteiger partial charge is 0.418 e. The number of alkyl halides is 3. The lowest BCUT2D eigenvalue weighted by Crippen LogP contribution is -2.14. The SMILES string of the molecule is CC(Nc1ccccc1C(F)(F)F)c1ccccc1F. The topological polar surface area (TPSA) is 12.0 Å². The Balaban J connectivity index is 2.29. The van der Waals surface area contributed by atoms with Gasteiger partial charge in [0.1, 0.15) is 5.82 Å². The fraction of sp³-hybridized carbons (Fsp3) is 0.200. The van der Waals surface area contributed by atoms with Gasteiger partial charge in [0.05, 0.1) is 11.6 Å². The summed E-state index contributed by atoms with van der Waals surface area (Å²) in [7, 11) is 0. The van der Waals surface area contributed by atoms with E-state index in [1.54, 1.807) is 19.1 Å². The van der Waals surface area contributed by atoms with Gasteiger partial charge < -0.3 is 5.32 Å². The van der Waals surface area contributed by atoms with Crippen LogP contribution < -0.4 is 5.32 Å². The maximum atomic E-state index is 13.6. The smallest absolute Gasteiger partial charge is 0.378 e.